The maximum atomic E-state index is 12.7. The first-order valence-electron chi connectivity index (χ1n) is 7.85. The van der Waals surface area contributed by atoms with Crippen molar-refractivity contribution in [3.05, 3.63) is 82.9 Å². The summed E-state index contributed by atoms with van der Waals surface area (Å²) in [7, 11) is 1.86. The Morgan fingerprint density at radius 2 is 1.65 bits per heavy atom. The molecule has 2 nitrogen and oxygen atoms in total. The van der Waals surface area contributed by atoms with Crippen LogP contribution in [-0.4, -0.2) is 17.9 Å². The highest BCUT2D eigenvalue weighted by molar-refractivity contribution is 5.98. The van der Waals surface area contributed by atoms with Crippen molar-refractivity contribution in [1.82, 2.24) is 4.90 Å². The molecular formula is C21H21NO. The van der Waals surface area contributed by atoms with Crippen molar-refractivity contribution in [2.24, 2.45) is 0 Å². The third kappa shape index (κ3) is 3.26. The van der Waals surface area contributed by atoms with Gasteiger partial charge in [-0.25, -0.2) is 0 Å². The normalized spacial score (nSPS) is 10.7. The number of carbonyl (C=O) groups is 1. The van der Waals surface area contributed by atoms with Crippen molar-refractivity contribution in [2.75, 3.05) is 7.05 Å². The van der Waals surface area contributed by atoms with E-state index in [-0.39, 0.29) is 5.91 Å². The van der Waals surface area contributed by atoms with Gasteiger partial charge in [0.25, 0.3) is 5.91 Å². The van der Waals surface area contributed by atoms with Crippen LogP contribution in [0.1, 0.15) is 27.0 Å². The minimum atomic E-state index is 0.0516. The molecule has 1 amide bonds. The zero-order chi connectivity index (χ0) is 16.4. The van der Waals surface area contributed by atoms with Crippen LogP contribution < -0.4 is 0 Å². The standard InChI is InChI=1S/C21H21NO/c1-15-8-9-20(16(2)12-15)14-22(3)21(23)19-11-10-17-6-4-5-7-18(17)13-19/h4-13H,14H2,1-3H3. The molecule has 3 aromatic carbocycles. The highest BCUT2D eigenvalue weighted by Crippen LogP contribution is 2.18. The molecule has 0 heterocycles. The SMILES string of the molecule is Cc1ccc(CN(C)C(=O)c2ccc3ccccc3c2)c(C)c1. The van der Waals surface area contributed by atoms with Gasteiger partial charge in [-0.2, -0.15) is 0 Å². The number of aryl methyl sites for hydroxylation is 2. The van der Waals surface area contributed by atoms with Gasteiger partial charge in [-0.1, -0.05) is 54.1 Å². The Hall–Kier alpha value is -2.61. The van der Waals surface area contributed by atoms with Gasteiger partial charge in [0.1, 0.15) is 0 Å². The van der Waals surface area contributed by atoms with Gasteiger partial charge in [0.05, 0.1) is 0 Å². The fourth-order valence-corrected chi connectivity index (χ4v) is 2.89. The minimum absolute atomic E-state index is 0.0516. The number of hydrogen-bond acceptors (Lipinski definition) is 1. The van der Waals surface area contributed by atoms with E-state index in [1.807, 2.05) is 43.4 Å². The van der Waals surface area contributed by atoms with Crippen LogP contribution in [0.4, 0.5) is 0 Å². The van der Waals surface area contributed by atoms with Gasteiger partial charge in [-0.15, -0.1) is 0 Å². The van der Waals surface area contributed by atoms with Gasteiger partial charge < -0.3 is 4.90 Å². The van der Waals surface area contributed by atoms with Crippen molar-refractivity contribution in [3.63, 3.8) is 0 Å². The summed E-state index contributed by atoms with van der Waals surface area (Å²) >= 11 is 0. The van der Waals surface area contributed by atoms with Crippen LogP contribution in [0.15, 0.2) is 60.7 Å². The van der Waals surface area contributed by atoms with Gasteiger partial charge in [0.2, 0.25) is 0 Å². The highest BCUT2D eigenvalue weighted by atomic mass is 16.2. The van der Waals surface area contributed by atoms with Crippen molar-refractivity contribution >= 4 is 16.7 Å². The lowest BCUT2D eigenvalue weighted by Crippen LogP contribution is -2.26. The lowest BCUT2D eigenvalue weighted by molar-refractivity contribution is 0.0785. The Morgan fingerprint density at radius 3 is 2.39 bits per heavy atom. The van der Waals surface area contributed by atoms with Gasteiger partial charge in [0, 0.05) is 19.2 Å². The van der Waals surface area contributed by atoms with E-state index in [9.17, 15) is 4.79 Å². The average molecular weight is 303 g/mol. The molecule has 0 aliphatic heterocycles. The lowest BCUT2D eigenvalue weighted by Gasteiger charge is -2.19. The Labute approximate surface area is 137 Å². The first-order chi connectivity index (χ1) is 11.0. The molecule has 3 rings (SSSR count). The average Bonchev–Trinajstić information content (AvgIpc) is 2.56. The summed E-state index contributed by atoms with van der Waals surface area (Å²) in [5.41, 5.74) is 4.39. The Balaban J connectivity index is 1.83. The predicted molar refractivity (Wildman–Crippen MR) is 95.7 cm³/mol. The van der Waals surface area contributed by atoms with Crippen LogP contribution in [0.5, 0.6) is 0 Å². The molecule has 0 aromatic heterocycles. The van der Waals surface area contributed by atoms with Gasteiger partial charge >= 0.3 is 0 Å². The predicted octanol–water partition coefficient (Wildman–Crippen LogP) is 4.73. The zero-order valence-electron chi connectivity index (χ0n) is 13.8. The van der Waals surface area contributed by atoms with Gasteiger partial charge in [-0.05, 0) is 47.9 Å². The largest absolute Gasteiger partial charge is 0.337 e. The Morgan fingerprint density at radius 1 is 0.913 bits per heavy atom. The molecular weight excluding hydrogens is 282 g/mol. The van der Waals surface area contributed by atoms with Crippen LogP contribution >= 0.6 is 0 Å². The molecule has 0 bridgehead atoms. The molecule has 0 N–H and O–H groups in total. The van der Waals surface area contributed by atoms with Crippen LogP contribution in [-0.2, 0) is 6.54 Å². The van der Waals surface area contributed by atoms with Crippen molar-refractivity contribution < 1.29 is 4.79 Å². The van der Waals surface area contributed by atoms with E-state index in [2.05, 4.69) is 38.1 Å². The van der Waals surface area contributed by atoms with Crippen LogP contribution in [0, 0.1) is 13.8 Å². The van der Waals surface area contributed by atoms with Gasteiger partial charge in [0.15, 0.2) is 0 Å². The molecule has 23 heavy (non-hydrogen) atoms. The summed E-state index contributed by atoms with van der Waals surface area (Å²) in [6.07, 6.45) is 0. The summed E-state index contributed by atoms with van der Waals surface area (Å²) < 4.78 is 0. The molecule has 0 aliphatic carbocycles. The van der Waals surface area contributed by atoms with Crippen molar-refractivity contribution in [2.45, 2.75) is 20.4 Å². The number of rotatable bonds is 3. The first kappa shape index (κ1) is 15.3. The van der Waals surface area contributed by atoms with E-state index in [0.717, 1.165) is 16.3 Å². The zero-order valence-corrected chi connectivity index (χ0v) is 13.8. The fraction of sp³-hybridized carbons (Fsp3) is 0.190. The second kappa shape index (κ2) is 6.25. The molecule has 0 atom stereocenters. The molecule has 3 aromatic rings. The number of amides is 1. The molecule has 2 heteroatoms. The molecule has 0 saturated heterocycles. The van der Waals surface area contributed by atoms with E-state index in [4.69, 9.17) is 0 Å². The third-order valence-corrected chi connectivity index (χ3v) is 4.25. The van der Waals surface area contributed by atoms with E-state index in [1.165, 1.54) is 16.7 Å². The number of hydrogen-bond donors (Lipinski definition) is 0. The van der Waals surface area contributed by atoms with E-state index < -0.39 is 0 Å². The van der Waals surface area contributed by atoms with E-state index in [0.29, 0.717) is 6.54 Å². The summed E-state index contributed by atoms with van der Waals surface area (Å²) in [6, 6.07) is 20.3. The molecule has 0 spiro atoms. The van der Waals surface area contributed by atoms with Crippen LogP contribution in [0.2, 0.25) is 0 Å². The maximum absolute atomic E-state index is 12.7. The van der Waals surface area contributed by atoms with Gasteiger partial charge in [-0.3, -0.25) is 4.79 Å². The molecule has 116 valence electrons. The first-order valence-corrected chi connectivity index (χ1v) is 7.85. The number of fused-ring (bicyclic) bond motifs is 1. The number of nitrogens with zero attached hydrogens (tertiary/aromatic N) is 1. The molecule has 0 aliphatic rings. The Kier molecular flexibility index (Phi) is 4.16. The molecule has 0 saturated carbocycles. The quantitative estimate of drug-likeness (QED) is 0.685. The van der Waals surface area contributed by atoms with Crippen molar-refractivity contribution in [3.8, 4) is 0 Å². The Bertz CT molecular complexity index is 867. The third-order valence-electron chi connectivity index (χ3n) is 4.25. The van der Waals surface area contributed by atoms with Crippen molar-refractivity contribution in [1.29, 1.82) is 0 Å². The van der Waals surface area contributed by atoms with Crippen LogP contribution in [0.25, 0.3) is 10.8 Å². The fourth-order valence-electron chi connectivity index (χ4n) is 2.89. The summed E-state index contributed by atoms with van der Waals surface area (Å²) in [4.78, 5) is 14.5. The minimum Gasteiger partial charge on any atom is -0.337 e. The second-order valence-electron chi connectivity index (χ2n) is 6.15. The smallest absolute Gasteiger partial charge is 0.253 e. The summed E-state index contributed by atoms with van der Waals surface area (Å²) in [5.74, 6) is 0.0516. The lowest BCUT2D eigenvalue weighted by atomic mass is 10.0. The summed E-state index contributed by atoms with van der Waals surface area (Å²) in [5, 5.41) is 2.25. The second-order valence-corrected chi connectivity index (χ2v) is 6.15. The summed E-state index contributed by atoms with van der Waals surface area (Å²) in [6.45, 7) is 4.80. The highest BCUT2D eigenvalue weighted by Gasteiger charge is 2.13. The molecule has 0 fully saturated rings. The number of benzene rings is 3. The van der Waals surface area contributed by atoms with Crippen LogP contribution in [0.3, 0.4) is 0 Å². The van der Waals surface area contributed by atoms with E-state index in [1.54, 1.807) is 4.90 Å². The van der Waals surface area contributed by atoms with E-state index >= 15 is 0 Å². The molecule has 0 radical (unpaired) electrons. The topological polar surface area (TPSA) is 20.3 Å². The number of carbonyl (C=O) groups excluding carboxylic acids is 1. The maximum Gasteiger partial charge on any atom is 0.253 e. The molecule has 0 unspecified atom stereocenters. The monoisotopic (exact) mass is 303 g/mol.